The maximum Gasteiger partial charge on any atom is 0.333 e. The molecule has 1 fully saturated rings. The third-order valence-electron chi connectivity index (χ3n) is 6.12. The van der Waals surface area contributed by atoms with E-state index in [4.69, 9.17) is 9.47 Å². The van der Waals surface area contributed by atoms with Crippen LogP contribution in [0, 0.1) is 10.1 Å². The van der Waals surface area contributed by atoms with Crippen LogP contribution in [0.25, 0.3) is 0 Å². The van der Waals surface area contributed by atoms with Crippen LogP contribution in [0.2, 0.25) is 0 Å². The van der Waals surface area contributed by atoms with E-state index in [0.29, 0.717) is 16.2 Å². The fourth-order valence-corrected chi connectivity index (χ4v) is 7.28. The van der Waals surface area contributed by atoms with Crippen LogP contribution in [-0.2, 0) is 35.6 Å². The highest BCUT2D eigenvalue weighted by molar-refractivity contribution is 8.69. The van der Waals surface area contributed by atoms with E-state index in [9.17, 15) is 28.7 Å². The molecule has 0 spiro atoms. The first-order chi connectivity index (χ1) is 20.2. The van der Waals surface area contributed by atoms with Gasteiger partial charge in [-0.05, 0) is 65.3 Å². The number of nitro groups is 1. The highest BCUT2D eigenvalue weighted by Gasteiger charge is 2.56. The number of non-ortho nitro benzene ring substituents is 1. The number of rotatable bonds is 13. The Kier molecular flexibility index (Phi) is 10.1. The molecule has 42 heavy (non-hydrogen) atoms. The maximum atomic E-state index is 13.6. The second-order valence-electron chi connectivity index (χ2n) is 9.22. The average Bonchev–Trinajstić information content (AvgIpc) is 2.98. The number of carbonyl (C=O) groups is 3. The summed E-state index contributed by atoms with van der Waals surface area (Å²) in [4.78, 5) is 51.4. The molecule has 4 rings (SSSR count). The second kappa shape index (κ2) is 13.9. The lowest BCUT2D eigenvalue weighted by atomic mass is 9.99. The van der Waals surface area contributed by atoms with Gasteiger partial charge in [-0.3, -0.25) is 19.7 Å². The molecular weight excluding hydrogens is 582 g/mol. The molecule has 0 saturated carbocycles. The van der Waals surface area contributed by atoms with Gasteiger partial charge in [0.05, 0.1) is 4.92 Å². The Balaban J connectivity index is 1.50. The number of para-hydroxylation sites is 1. The molecule has 1 aliphatic rings. The molecule has 0 bridgehead atoms. The van der Waals surface area contributed by atoms with Gasteiger partial charge < -0.3 is 19.7 Å². The molecule has 13 heteroatoms. The third kappa shape index (κ3) is 7.42. The van der Waals surface area contributed by atoms with Crippen LogP contribution in [0.3, 0.4) is 0 Å². The molecular formula is C29H27N3O8S2. The number of nitrogens with one attached hydrogen (secondary N) is 1. The normalized spacial score (nSPS) is 17.4. The Morgan fingerprint density at radius 3 is 2.29 bits per heavy atom. The summed E-state index contributed by atoms with van der Waals surface area (Å²) in [5, 5.41) is 12.4. The van der Waals surface area contributed by atoms with Gasteiger partial charge in [-0.2, -0.15) is 0 Å². The first-order valence-corrected chi connectivity index (χ1v) is 15.2. The van der Waals surface area contributed by atoms with Crippen molar-refractivity contribution in [2.45, 2.75) is 35.9 Å². The SMILES string of the molecule is C=C(C)C(C(=O)OCc1ccc([N+](=O)[O-])cc1)N1C(=O)C(NC(=O)COc2ccccc2)C1S(=O)Sc1ccccc1. The van der Waals surface area contributed by atoms with Crippen LogP contribution in [0.4, 0.5) is 5.69 Å². The number of nitrogens with zero attached hydrogens (tertiary/aromatic N) is 2. The molecule has 4 unspecified atom stereocenters. The average molecular weight is 610 g/mol. The highest BCUT2D eigenvalue weighted by atomic mass is 33.1. The van der Waals surface area contributed by atoms with E-state index in [1.807, 2.05) is 0 Å². The molecule has 3 aromatic carbocycles. The molecule has 0 aliphatic carbocycles. The van der Waals surface area contributed by atoms with Crippen LogP contribution < -0.4 is 10.1 Å². The summed E-state index contributed by atoms with van der Waals surface area (Å²) in [5.74, 6) is -1.59. The Morgan fingerprint density at radius 2 is 1.69 bits per heavy atom. The predicted octanol–water partition coefficient (Wildman–Crippen LogP) is 3.77. The van der Waals surface area contributed by atoms with Crippen molar-refractivity contribution in [3.05, 3.63) is 113 Å². The van der Waals surface area contributed by atoms with Crippen molar-refractivity contribution in [3.63, 3.8) is 0 Å². The van der Waals surface area contributed by atoms with Crippen LogP contribution in [0.15, 0.2) is 102 Å². The Labute approximate surface area is 247 Å². The third-order valence-corrected chi connectivity index (χ3v) is 9.31. The number of ether oxygens (including phenoxy) is 2. The van der Waals surface area contributed by atoms with Gasteiger partial charge in [0.25, 0.3) is 11.6 Å². The molecule has 1 aliphatic heterocycles. The van der Waals surface area contributed by atoms with Crippen molar-refractivity contribution in [3.8, 4) is 5.75 Å². The second-order valence-corrected chi connectivity index (χ2v) is 12.3. The van der Waals surface area contributed by atoms with Gasteiger partial charge in [-0.1, -0.05) is 43.0 Å². The van der Waals surface area contributed by atoms with Gasteiger partial charge in [-0.15, -0.1) is 0 Å². The summed E-state index contributed by atoms with van der Waals surface area (Å²) in [5.41, 5.74) is 0.646. The number of benzene rings is 3. The lowest BCUT2D eigenvalue weighted by molar-refractivity contribution is -0.384. The minimum atomic E-state index is -1.81. The van der Waals surface area contributed by atoms with Crippen LogP contribution in [0.1, 0.15) is 12.5 Å². The first kappa shape index (κ1) is 30.5. The summed E-state index contributed by atoms with van der Waals surface area (Å²) < 4.78 is 24.5. The van der Waals surface area contributed by atoms with E-state index < -0.39 is 50.0 Å². The van der Waals surface area contributed by atoms with Gasteiger partial charge in [0.2, 0.25) is 5.91 Å². The summed E-state index contributed by atoms with van der Waals surface area (Å²) in [6, 6.07) is 20.5. The molecule has 1 N–H and O–H groups in total. The van der Waals surface area contributed by atoms with Crippen molar-refractivity contribution >= 4 is 44.1 Å². The number of nitro benzene ring substituents is 1. The van der Waals surface area contributed by atoms with Crippen molar-refractivity contribution in [1.29, 1.82) is 0 Å². The predicted molar refractivity (Wildman–Crippen MR) is 156 cm³/mol. The highest BCUT2D eigenvalue weighted by Crippen LogP contribution is 2.36. The van der Waals surface area contributed by atoms with E-state index in [2.05, 4.69) is 11.9 Å². The monoisotopic (exact) mass is 609 g/mol. The standard InChI is InChI=1S/C29H27N3O8S2/c1-19(2)26(29(35)40-17-20-13-15-21(16-14-20)32(36)37)31-27(34)25(28(31)42(38)41-23-11-7-4-8-12-23)30-24(33)18-39-22-9-5-3-6-10-22/h3-16,25-26,28H,1,17-18H2,2H3,(H,30,33). The zero-order valence-corrected chi connectivity index (χ0v) is 24.0. The lowest BCUT2D eigenvalue weighted by Gasteiger charge is -2.48. The minimum absolute atomic E-state index is 0.112. The van der Waals surface area contributed by atoms with Crippen LogP contribution in [0.5, 0.6) is 5.75 Å². The van der Waals surface area contributed by atoms with Crippen molar-refractivity contribution in [2.75, 3.05) is 6.61 Å². The molecule has 1 saturated heterocycles. The summed E-state index contributed by atoms with van der Waals surface area (Å²) in [7, 11) is -0.825. The van der Waals surface area contributed by atoms with Gasteiger partial charge >= 0.3 is 5.97 Å². The smallest absolute Gasteiger partial charge is 0.333 e. The van der Waals surface area contributed by atoms with Crippen LogP contribution in [-0.4, -0.2) is 55.9 Å². The zero-order chi connectivity index (χ0) is 30.2. The fraction of sp³-hybridized carbons (Fsp3) is 0.207. The molecule has 218 valence electrons. The lowest BCUT2D eigenvalue weighted by Crippen LogP contribution is -2.75. The van der Waals surface area contributed by atoms with E-state index in [1.165, 1.54) is 31.2 Å². The molecule has 11 nitrogen and oxygen atoms in total. The molecule has 0 aromatic heterocycles. The number of β-lactam (4-membered cyclic amide) rings is 1. The first-order valence-electron chi connectivity index (χ1n) is 12.6. The van der Waals surface area contributed by atoms with Gasteiger partial charge in [-0.25, -0.2) is 9.00 Å². The largest absolute Gasteiger partial charge is 0.484 e. The fourth-order valence-electron chi connectivity index (χ4n) is 4.10. The van der Waals surface area contributed by atoms with Gasteiger partial charge in [0.1, 0.15) is 33.6 Å². The van der Waals surface area contributed by atoms with Gasteiger partial charge in [0, 0.05) is 17.0 Å². The van der Waals surface area contributed by atoms with Crippen molar-refractivity contribution < 1.29 is 33.0 Å². The Bertz CT molecular complexity index is 1490. The summed E-state index contributed by atoms with van der Waals surface area (Å²) in [6.45, 7) is 4.79. The number of carbonyl (C=O) groups excluding carboxylic acids is 3. The molecule has 1 heterocycles. The molecule has 0 radical (unpaired) electrons. The van der Waals surface area contributed by atoms with Gasteiger partial charge in [0.15, 0.2) is 12.6 Å². The van der Waals surface area contributed by atoms with E-state index in [1.54, 1.807) is 60.7 Å². The minimum Gasteiger partial charge on any atom is -0.484 e. The van der Waals surface area contributed by atoms with E-state index >= 15 is 0 Å². The topological polar surface area (TPSA) is 145 Å². The molecule has 2 amide bonds. The number of amides is 2. The number of esters is 1. The summed E-state index contributed by atoms with van der Waals surface area (Å²) in [6.07, 6.45) is 0. The summed E-state index contributed by atoms with van der Waals surface area (Å²) >= 11 is 0. The number of hydrogen-bond acceptors (Lipinski definition) is 9. The van der Waals surface area contributed by atoms with E-state index in [-0.39, 0.29) is 24.5 Å². The quantitative estimate of drug-likeness (QED) is 0.0764. The van der Waals surface area contributed by atoms with Crippen LogP contribution >= 0.6 is 10.8 Å². The van der Waals surface area contributed by atoms with Crippen molar-refractivity contribution in [1.82, 2.24) is 10.2 Å². The van der Waals surface area contributed by atoms with E-state index in [0.717, 1.165) is 15.7 Å². The van der Waals surface area contributed by atoms with Crippen molar-refractivity contribution in [2.24, 2.45) is 0 Å². The Morgan fingerprint density at radius 1 is 1.07 bits per heavy atom. The number of hydrogen-bond donors (Lipinski definition) is 1. The maximum absolute atomic E-state index is 13.6. The Hall–Kier alpha value is -4.49. The molecule has 3 aromatic rings. The molecule has 4 atom stereocenters. The zero-order valence-electron chi connectivity index (χ0n) is 22.4. The number of likely N-dealkylation sites (tertiary alicyclic amines) is 1.